The lowest BCUT2D eigenvalue weighted by atomic mass is 10.0. The van der Waals surface area contributed by atoms with Crippen LogP contribution in [0.4, 0.5) is 0 Å². The van der Waals surface area contributed by atoms with Gasteiger partial charge in [0.15, 0.2) is 0 Å². The molecule has 0 aliphatic carbocycles. The van der Waals surface area contributed by atoms with Crippen molar-refractivity contribution in [1.82, 2.24) is 5.32 Å². The van der Waals surface area contributed by atoms with Gasteiger partial charge in [-0.15, -0.1) is 11.6 Å². The Morgan fingerprint density at radius 3 is 2.69 bits per heavy atom. The third-order valence-corrected chi connectivity index (χ3v) is 3.31. The predicted octanol–water partition coefficient (Wildman–Crippen LogP) is 2.18. The van der Waals surface area contributed by atoms with Gasteiger partial charge < -0.3 is 10.1 Å². The van der Waals surface area contributed by atoms with Crippen LogP contribution in [0.2, 0.25) is 0 Å². The first-order chi connectivity index (χ1) is 7.54. The molecule has 1 N–H and O–H groups in total. The highest BCUT2D eigenvalue weighted by molar-refractivity contribution is 6.18. The fraction of sp³-hybridized carbons (Fsp3) is 0.917. The molecule has 0 saturated carbocycles. The monoisotopic (exact) mass is 247 g/mol. The smallest absolute Gasteiger partial charge is 0.249 e. The number of carbonyl (C=O) groups is 1. The highest BCUT2D eigenvalue weighted by atomic mass is 35.5. The van der Waals surface area contributed by atoms with Crippen molar-refractivity contribution in [2.24, 2.45) is 11.8 Å². The van der Waals surface area contributed by atoms with Crippen LogP contribution in [0.5, 0.6) is 0 Å². The zero-order valence-electron chi connectivity index (χ0n) is 10.3. The second kappa shape index (κ2) is 6.45. The van der Waals surface area contributed by atoms with Crippen LogP contribution in [0.25, 0.3) is 0 Å². The van der Waals surface area contributed by atoms with Crippen LogP contribution in [0.3, 0.4) is 0 Å². The molecule has 1 fully saturated rings. The molecule has 3 nitrogen and oxygen atoms in total. The van der Waals surface area contributed by atoms with E-state index in [-0.39, 0.29) is 18.1 Å². The minimum Gasteiger partial charge on any atom is -0.368 e. The molecule has 1 saturated heterocycles. The van der Waals surface area contributed by atoms with Crippen molar-refractivity contribution in [2.45, 2.75) is 45.8 Å². The molecule has 94 valence electrons. The Kier molecular flexibility index (Phi) is 5.56. The van der Waals surface area contributed by atoms with Gasteiger partial charge in [-0.05, 0) is 24.7 Å². The first kappa shape index (κ1) is 13.8. The van der Waals surface area contributed by atoms with Crippen molar-refractivity contribution in [1.29, 1.82) is 0 Å². The molecule has 0 radical (unpaired) electrons. The Balaban J connectivity index is 2.42. The molecule has 1 rings (SSSR count). The zero-order valence-corrected chi connectivity index (χ0v) is 11.1. The average molecular weight is 248 g/mol. The van der Waals surface area contributed by atoms with Gasteiger partial charge in [0.25, 0.3) is 0 Å². The number of hydrogen-bond donors (Lipinski definition) is 1. The second-order valence-electron chi connectivity index (χ2n) is 5.05. The summed E-state index contributed by atoms with van der Waals surface area (Å²) in [5.74, 6) is 1.31. The Morgan fingerprint density at radius 2 is 2.25 bits per heavy atom. The number of ether oxygens (including phenoxy) is 1. The van der Waals surface area contributed by atoms with Gasteiger partial charge in [0.05, 0.1) is 0 Å². The zero-order chi connectivity index (χ0) is 12.1. The molecule has 1 aliphatic rings. The summed E-state index contributed by atoms with van der Waals surface area (Å²) in [5.41, 5.74) is 0. The highest BCUT2D eigenvalue weighted by Crippen LogP contribution is 2.20. The Bertz CT molecular complexity index is 233. The van der Waals surface area contributed by atoms with Gasteiger partial charge in [-0.2, -0.15) is 0 Å². The Morgan fingerprint density at radius 1 is 1.56 bits per heavy atom. The van der Waals surface area contributed by atoms with Crippen LogP contribution < -0.4 is 5.32 Å². The van der Waals surface area contributed by atoms with Gasteiger partial charge in [0, 0.05) is 18.5 Å². The number of carbonyl (C=O) groups excluding carboxylic acids is 1. The molecule has 3 unspecified atom stereocenters. The van der Waals surface area contributed by atoms with Crippen molar-refractivity contribution in [2.75, 3.05) is 12.5 Å². The molecule has 1 amide bonds. The third-order valence-electron chi connectivity index (χ3n) is 2.93. The molecule has 0 aromatic heterocycles. The van der Waals surface area contributed by atoms with Gasteiger partial charge >= 0.3 is 0 Å². The predicted molar refractivity (Wildman–Crippen MR) is 65.6 cm³/mol. The minimum atomic E-state index is -0.280. The van der Waals surface area contributed by atoms with Gasteiger partial charge in [-0.1, -0.05) is 20.8 Å². The summed E-state index contributed by atoms with van der Waals surface area (Å²) in [6.45, 7) is 6.99. The summed E-state index contributed by atoms with van der Waals surface area (Å²) in [5, 5.41) is 2.97. The number of hydrogen-bond acceptors (Lipinski definition) is 2. The standard InChI is InChI=1S/C12H22ClNO2/c1-8(2)6-10(7-13)14-12(15)11-9(3)4-5-16-11/h8-11H,4-7H2,1-3H3,(H,14,15). The van der Waals surface area contributed by atoms with Crippen LogP contribution in [0.15, 0.2) is 0 Å². The summed E-state index contributed by atoms with van der Waals surface area (Å²) < 4.78 is 5.42. The maximum Gasteiger partial charge on any atom is 0.249 e. The SMILES string of the molecule is CC(C)CC(CCl)NC(=O)C1OCCC1C. The molecule has 0 bridgehead atoms. The van der Waals surface area contributed by atoms with Crippen molar-refractivity contribution in [3.63, 3.8) is 0 Å². The quantitative estimate of drug-likeness (QED) is 0.757. The molecule has 3 atom stereocenters. The molecule has 1 heterocycles. The summed E-state index contributed by atoms with van der Waals surface area (Å²) in [6.07, 6.45) is 1.60. The lowest BCUT2D eigenvalue weighted by Crippen LogP contribution is -2.44. The number of rotatable bonds is 5. The van der Waals surface area contributed by atoms with E-state index in [0.717, 1.165) is 12.8 Å². The Labute approximate surface area is 103 Å². The third kappa shape index (κ3) is 3.95. The van der Waals surface area contributed by atoms with Crippen LogP contribution in [0.1, 0.15) is 33.6 Å². The number of nitrogens with one attached hydrogen (secondary N) is 1. The van der Waals surface area contributed by atoms with E-state index >= 15 is 0 Å². The molecule has 0 aromatic carbocycles. The summed E-state index contributed by atoms with van der Waals surface area (Å²) in [7, 11) is 0. The van der Waals surface area contributed by atoms with E-state index in [1.807, 2.05) is 0 Å². The van der Waals surface area contributed by atoms with E-state index in [9.17, 15) is 4.79 Å². The largest absolute Gasteiger partial charge is 0.368 e. The van der Waals surface area contributed by atoms with Gasteiger partial charge in [0.1, 0.15) is 6.10 Å². The van der Waals surface area contributed by atoms with E-state index in [1.165, 1.54) is 0 Å². The summed E-state index contributed by atoms with van der Waals surface area (Å²) in [6, 6.07) is 0.0607. The van der Waals surface area contributed by atoms with Gasteiger partial charge in [-0.25, -0.2) is 0 Å². The molecular weight excluding hydrogens is 226 g/mol. The lowest BCUT2D eigenvalue weighted by molar-refractivity contribution is -0.132. The van der Waals surface area contributed by atoms with E-state index in [2.05, 4.69) is 26.1 Å². The van der Waals surface area contributed by atoms with Crippen LogP contribution >= 0.6 is 11.6 Å². The van der Waals surface area contributed by atoms with Crippen LogP contribution in [0, 0.1) is 11.8 Å². The van der Waals surface area contributed by atoms with Crippen molar-refractivity contribution in [3.05, 3.63) is 0 Å². The van der Waals surface area contributed by atoms with Gasteiger partial charge in [0.2, 0.25) is 5.91 Å². The Hall–Kier alpha value is -0.280. The number of amides is 1. The van der Waals surface area contributed by atoms with Crippen molar-refractivity contribution in [3.8, 4) is 0 Å². The van der Waals surface area contributed by atoms with Crippen molar-refractivity contribution < 1.29 is 9.53 Å². The maximum atomic E-state index is 11.9. The van der Waals surface area contributed by atoms with Crippen molar-refractivity contribution >= 4 is 17.5 Å². The normalized spacial score (nSPS) is 27.1. The summed E-state index contributed by atoms with van der Waals surface area (Å²) in [4.78, 5) is 11.9. The number of halogens is 1. The fourth-order valence-corrected chi connectivity index (χ4v) is 2.25. The molecule has 0 spiro atoms. The van der Waals surface area contributed by atoms with E-state index in [0.29, 0.717) is 24.3 Å². The lowest BCUT2D eigenvalue weighted by Gasteiger charge is -2.21. The highest BCUT2D eigenvalue weighted by Gasteiger charge is 2.31. The minimum absolute atomic E-state index is 0.00343. The second-order valence-corrected chi connectivity index (χ2v) is 5.36. The topological polar surface area (TPSA) is 38.3 Å². The first-order valence-corrected chi connectivity index (χ1v) is 6.56. The molecule has 0 aromatic rings. The fourth-order valence-electron chi connectivity index (χ4n) is 2.04. The number of alkyl halides is 1. The van der Waals surface area contributed by atoms with Crippen LogP contribution in [-0.4, -0.2) is 30.5 Å². The van der Waals surface area contributed by atoms with E-state index in [1.54, 1.807) is 0 Å². The molecule has 16 heavy (non-hydrogen) atoms. The molecule has 1 aliphatic heterocycles. The average Bonchev–Trinajstić information content (AvgIpc) is 2.62. The van der Waals surface area contributed by atoms with Gasteiger partial charge in [-0.3, -0.25) is 4.79 Å². The van der Waals surface area contributed by atoms with E-state index < -0.39 is 0 Å². The molecular formula is C12H22ClNO2. The first-order valence-electron chi connectivity index (χ1n) is 6.02. The summed E-state index contributed by atoms with van der Waals surface area (Å²) >= 11 is 5.84. The maximum absolute atomic E-state index is 11.9. The van der Waals surface area contributed by atoms with Crippen LogP contribution in [-0.2, 0) is 9.53 Å². The van der Waals surface area contributed by atoms with E-state index in [4.69, 9.17) is 16.3 Å². The molecule has 4 heteroatoms.